The van der Waals surface area contributed by atoms with Crippen molar-refractivity contribution < 1.29 is 28.2 Å². The van der Waals surface area contributed by atoms with Gasteiger partial charge in [-0.15, -0.1) is 0 Å². The van der Waals surface area contributed by atoms with E-state index in [0.717, 1.165) is 10.8 Å². The minimum absolute atomic E-state index is 0.0282. The maximum absolute atomic E-state index is 13.5. The minimum atomic E-state index is -3.89. The highest BCUT2D eigenvalue weighted by Crippen LogP contribution is 2.39. The number of fused-ring (bicyclic) bond motifs is 2. The maximum atomic E-state index is 13.5. The number of hydrogen-bond donors (Lipinski definition) is 4. The summed E-state index contributed by atoms with van der Waals surface area (Å²) in [6, 6.07) is 23.3. The molecule has 0 radical (unpaired) electrons. The van der Waals surface area contributed by atoms with Gasteiger partial charge in [0, 0.05) is 41.5 Å². The van der Waals surface area contributed by atoms with Crippen molar-refractivity contribution in [1.29, 1.82) is 0 Å². The Bertz CT molecular complexity index is 1770. The lowest BCUT2D eigenvalue weighted by Crippen LogP contribution is -2.49. The number of sulfonamides is 1. The Hall–Kier alpha value is -3.71. The Morgan fingerprint density at radius 2 is 1.67 bits per heavy atom. The fourth-order valence-corrected chi connectivity index (χ4v) is 6.78. The molecule has 0 aliphatic carbocycles. The molecule has 1 heterocycles. The van der Waals surface area contributed by atoms with E-state index in [1.807, 2.05) is 43.3 Å². The second kappa shape index (κ2) is 13.7. The molecule has 0 saturated carbocycles. The van der Waals surface area contributed by atoms with E-state index in [4.69, 9.17) is 16.3 Å². The molecule has 2 amide bonds. The van der Waals surface area contributed by atoms with Crippen molar-refractivity contribution in [3.05, 3.63) is 95.5 Å². The van der Waals surface area contributed by atoms with Crippen molar-refractivity contribution in [3.63, 3.8) is 0 Å². The highest BCUT2D eigenvalue weighted by atomic mass is 35.5. The van der Waals surface area contributed by atoms with Gasteiger partial charge < -0.3 is 25.6 Å². The number of ether oxygens (including phenoxy) is 1. The number of nitrogens with one attached hydrogen (secondary N) is 2. The standard InChI is InChI=1S/C33H37ClN4O6S/c1-21-18-38(22(2)20-39)32(40)27-11-7-13-29(36-33(41)35-28-12-6-9-23-8-4-5-10-26(23)28)31(27)44-30(21)19-37(3)45(42,43)25-16-14-24(34)15-17-25/h4-17,21-22,30,32,39-40H,18-20H2,1-3H3,(H2,35,36,41). The Kier molecular flexibility index (Phi) is 9.97. The van der Waals surface area contributed by atoms with Crippen LogP contribution in [0.15, 0.2) is 89.8 Å². The van der Waals surface area contributed by atoms with Gasteiger partial charge in [-0.25, -0.2) is 13.2 Å². The first-order chi connectivity index (χ1) is 21.5. The van der Waals surface area contributed by atoms with E-state index in [-0.39, 0.29) is 29.7 Å². The van der Waals surface area contributed by atoms with Crippen LogP contribution in [0.25, 0.3) is 10.8 Å². The molecule has 4 N–H and O–H groups in total. The molecule has 1 aliphatic heterocycles. The molecular formula is C33H37ClN4O6S. The molecule has 4 unspecified atom stereocenters. The van der Waals surface area contributed by atoms with Crippen LogP contribution in [0.5, 0.6) is 5.75 Å². The molecule has 4 aromatic rings. The average Bonchev–Trinajstić information content (AvgIpc) is 3.03. The second-order valence-electron chi connectivity index (χ2n) is 11.3. The number of urea groups is 1. The van der Waals surface area contributed by atoms with Gasteiger partial charge in [-0.05, 0) is 48.7 Å². The molecular weight excluding hydrogens is 616 g/mol. The van der Waals surface area contributed by atoms with E-state index in [2.05, 4.69) is 10.6 Å². The molecule has 238 valence electrons. The first-order valence-corrected chi connectivity index (χ1v) is 16.4. The Morgan fingerprint density at radius 1 is 1.02 bits per heavy atom. The third-order valence-electron chi connectivity index (χ3n) is 8.12. The molecule has 0 fully saturated rings. The van der Waals surface area contributed by atoms with Gasteiger partial charge in [-0.3, -0.25) is 4.90 Å². The van der Waals surface area contributed by atoms with E-state index in [9.17, 15) is 23.4 Å². The number of carbonyl (C=O) groups is 1. The lowest BCUT2D eigenvalue weighted by atomic mass is 9.99. The summed E-state index contributed by atoms with van der Waals surface area (Å²) in [6.07, 6.45) is -1.86. The fraction of sp³-hybridized carbons (Fsp3) is 0.303. The molecule has 5 rings (SSSR count). The number of halogens is 1. The van der Waals surface area contributed by atoms with Crippen LogP contribution in [-0.2, 0) is 10.0 Å². The zero-order valence-corrected chi connectivity index (χ0v) is 26.8. The molecule has 10 nitrogen and oxygen atoms in total. The summed E-state index contributed by atoms with van der Waals surface area (Å²) in [5.41, 5.74) is 1.29. The lowest BCUT2D eigenvalue weighted by molar-refractivity contribution is -0.0642. The largest absolute Gasteiger partial charge is 0.486 e. The van der Waals surface area contributed by atoms with E-state index in [1.54, 1.807) is 36.1 Å². The number of amides is 2. The third-order valence-corrected chi connectivity index (χ3v) is 10.2. The number of benzene rings is 4. The van der Waals surface area contributed by atoms with Gasteiger partial charge in [0.05, 0.1) is 29.4 Å². The van der Waals surface area contributed by atoms with Crippen molar-refractivity contribution in [3.8, 4) is 5.75 Å². The van der Waals surface area contributed by atoms with Crippen molar-refractivity contribution in [2.45, 2.75) is 37.1 Å². The monoisotopic (exact) mass is 652 g/mol. The molecule has 0 bridgehead atoms. The second-order valence-corrected chi connectivity index (χ2v) is 13.8. The zero-order valence-electron chi connectivity index (χ0n) is 25.2. The molecule has 4 aromatic carbocycles. The predicted molar refractivity (Wildman–Crippen MR) is 176 cm³/mol. The summed E-state index contributed by atoms with van der Waals surface area (Å²) >= 11 is 5.98. The highest BCUT2D eigenvalue weighted by molar-refractivity contribution is 7.89. The number of anilines is 2. The summed E-state index contributed by atoms with van der Waals surface area (Å²) < 4.78 is 34.7. The van der Waals surface area contributed by atoms with Crippen LogP contribution in [0.4, 0.5) is 16.2 Å². The van der Waals surface area contributed by atoms with Crippen molar-refractivity contribution in [1.82, 2.24) is 9.21 Å². The molecule has 0 aromatic heterocycles. The van der Waals surface area contributed by atoms with Crippen LogP contribution in [-0.4, -0.2) is 72.8 Å². The molecule has 4 atom stereocenters. The van der Waals surface area contributed by atoms with Gasteiger partial charge >= 0.3 is 6.03 Å². The summed E-state index contributed by atoms with van der Waals surface area (Å²) in [4.78, 5) is 15.2. The quantitative estimate of drug-likeness (QED) is 0.197. The Labute approximate surface area is 268 Å². The maximum Gasteiger partial charge on any atom is 0.323 e. The summed E-state index contributed by atoms with van der Waals surface area (Å²) in [7, 11) is -2.42. The molecule has 1 aliphatic rings. The van der Waals surface area contributed by atoms with E-state index < -0.39 is 34.4 Å². The van der Waals surface area contributed by atoms with Gasteiger partial charge in [0.2, 0.25) is 10.0 Å². The Balaban J connectivity index is 1.47. The summed E-state index contributed by atoms with van der Waals surface area (Å²) in [5.74, 6) is -0.0933. The first-order valence-electron chi connectivity index (χ1n) is 14.6. The smallest absolute Gasteiger partial charge is 0.323 e. The van der Waals surface area contributed by atoms with Gasteiger partial charge in [0.15, 0.2) is 5.75 Å². The number of rotatable bonds is 8. The van der Waals surface area contributed by atoms with Crippen LogP contribution in [0.1, 0.15) is 25.6 Å². The number of aliphatic hydroxyl groups is 2. The minimum Gasteiger partial charge on any atom is -0.486 e. The van der Waals surface area contributed by atoms with Gasteiger partial charge in [-0.2, -0.15) is 4.31 Å². The van der Waals surface area contributed by atoms with Crippen molar-refractivity contribution in [2.24, 2.45) is 5.92 Å². The normalized spacial score (nSPS) is 19.7. The number of hydrogen-bond acceptors (Lipinski definition) is 7. The van der Waals surface area contributed by atoms with Crippen molar-refractivity contribution >= 4 is 49.8 Å². The number of para-hydroxylation sites is 1. The molecule has 45 heavy (non-hydrogen) atoms. The number of carbonyl (C=O) groups excluding carboxylic acids is 1. The average molecular weight is 653 g/mol. The molecule has 0 saturated heterocycles. The number of nitrogens with zero attached hydrogens (tertiary/aromatic N) is 2. The SMILES string of the molecule is CC1CN(C(C)CO)C(O)c2cccc(NC(=O)Nc3cccc4ccccc34)c2OC1CN(C)S(=O)(=O)c1ccc(Cl)cc1. The lowest BCUT2D eigenvalue weighted by Gasteiger charge is -2.41. The van der Waals surface area contributed by atoms with E-state index in [0.29, 0.717) is 28.5 Å². The van der Waals surface area contributed by atoms with Crippen LogP contribution in [0.3, 0.4) is 0 Å². The molecule has 0 spiro atoms. The highest BCUT2D eigenvalue weighted by Gasteiger charge is 2.36. The van der Waals surface area contributed by atoms with Gasteiger partial charge in [-0.1, -0.05) is 67.1 Å². The van der Waals surface area contributed by atoms with Crippen LogP contribution in [0.2, 0.25) is 5.02 Å². The topological polar surface area (TPSA) is 131 Å². The summed E-state index contributed by atoms with van der Waals surface area (Å²) in [6.45, 7) is 3.76. The van der Waals surface area contributed by atoms with Crippen LogP contribution < -0.4 is 15.4 Å². The Morgan fingerprint density at radius 3 is 2.40 bits per heavy atom. The van der Waals surface area contributed by atoms with Crippen LogP contribution in [0, 0.1) is 5.92 Å². The van der Waals surface area contributed by atoms with Gasteiger partial charge in [0.1, 0.15) is 12.3 Å². The number of aliphatic hydroxyl groups excluding tert-OH is 2. The molecule has 12 heteroatoms. The predicted octanol–water partition coefficient (Wildman–Crippen LogP) is 5.53. The van der Waals surface area contributed by atoms with E-state index in [1.165, 1.54) is 35.6 Å². The van der Waals surface area contributed by atoms with Crippen molar-refractivity contribution in [2.75, 3.05) is 37.4 Å². The first kappa shape index (κ1) is 32.7. The fourth-order valence-electron chi connectivity index (χ4n) is 5.48. The zero-order chi connectivity index (χ0) is 32.3. The number of likely N-dealkylation sites (N-methyl/N-ethyl adjacent to an activating group) is 1. The van der Waals surface area contributed by atoms with Gasteiger partial charge in [0.25, 0.3) is 0 Å². The summed E-state index contributed by atoms with van der Waals surface area (Å²) in [5, 5.41) is 29.6. The third kappa shape index (κ3) is 7.09. The van der Waals surface area contributed by atoms with Crippen LogP contribution >= 0.6 is 11.6 Å². The van der Waals surface area contributed by atoms with E-state index >= 15 is 0 Å².